The van der Waals surface area contributed by atoms with Crippen LogP contribution in [0.2, 0.25) is 0 Å². The zero-order valence-electron chi connectivity index (χ0n) is 16.0. The van der Waals surface area contributed by atoms with Crippen molar-refractivity contribution < 1.29 is 9.21 Å². The minimum atomic E-state index is -0.0976. The van der Waals surface area contributed by atoms with Crippen LogP contribution in [-0.2, 0) is 0 Å². The van der Waals surface area contributed by atoms with Crippen molar-refractivity contribution in [2.45, 2.75) is 6.92 Å². The molecule has 4 rings (SSSR count). The van der Waals surface area contributed by atoms with Crippen LogP contribution in [-0.4, -0.2) is 47.0 Å². The second-order valence-electron chi connectivity index (χ2n) is 6.77. The molecule has 1 aliphatic rings. The van der Waals surface area contributed by atoms with E-state index in [2.05, 4.69) is 26.3 Å². The third kappa shape index (κ3) is 4.19. The lowest BCUT2D eigenvalue weighted by atomic mass is 10.2. The largest absolute Gasteiger partial charge is 0.459 e. The number of aromatic nitrogens is 2. The average Bonchev–Trinajstić information content (AvgIpc) is 3.28. The Kier molecular flexibility index (Phi) is 5.12. The highest BCUT2D eigenvalue weighted by molar-refractivity contribution is 5.91. The number of piperazine rings is 1. The first-order valence-electron chi connectivity index (χ1n) is 9.33. The number of anilines is 3. The highest BCUT2D eigenvalue weighted by Crippen LogP contribution is 2.20. The normalized spacial score (nSPS) is 13.8. The molecule has 0 bridgehead atoms. The molecule has 1 aromatic carbocycles. The van der Waals surface area contributed by atoms with Crippen LogP contribution >= 0.6 is 0 Å². The predicted octanol–water partition coefficient (Wildman–Crippen LogP) is 2.96. The van der Waals surface area contributed by atoms with Crippen LogP contribution in [0.4, 0.5) is 17.5 Å². The lowest BCUT2D eigenvalue weighted by Crippen LogP contribution is -2.49. The summed E-state index contributed by atoms with van der Waals surface area (Å²) in [6.45, 7) is 4.34. The number of hydrogen-bond acceptors (Lipinski definition) is 7. The molecular formula is C21H20N6O2. The van der Waals surface area contributed by atoms with E-state index in [0.717, 1.165) is 11.4 Å². The van der Waals surface area contributed by atoms with Gasteiger partial charge in [0.05, 0.1) is 17.9 Å². The highest BCUT2D eigenvalue weighted by Gasteiger charge is 2.25. The third-order valence-corrected chi connectivity index (χ3v) is 4.69. The van der Waals surface area contributed by atoms with Crippen LogP contribution in [0.25, 0.3) is 0 Å². The summed E-state index contributed by atoms with van der Waals surface area (Å²) < 4.78 is 5.21. The summed E-state index contributed by atoms with van der Waals surface area (Å²) in [6, 6.07) is 14.6. The number of furan rings is 1. The Morgan fingerprint density at radius 2 is 1.97 bits per heavy atom. The number of rotatable bonds is 4. The van der Waals surface area contributed by atoms with Gasteiger partial charge in [-0.15, -0.1) is 0 Å². The molecule has 0 radical (unpaired) electrons. The van der Waals surface area contributed by atoms with Gasteiger partial charge in [-0.1, -0.05) is 6.07 Å². The van der Waals surface area contributed by atoms with Crippen LogP contribution in [0.15, 0.2) is 53.1 Å². The third-order valence-electron chi connectivity index (χ3n) is 4.69. The molecule has 0 aliphatic carbocycles. The molecule has 0 atom stereocenters. The number of nitriles is 1. The molecule has 3 heterocycles. The zero-order chi connectivity index (χ0) is 20.2. The molecule has 0 unspecified atom stereocenters. The predicted molar refractivity (Wildman–Crippen MR) is 108 cm³/mol. The Labute approximate surface area is 168 Å². The Bertz CT molecular complexity index is 1050. The Hall–Kier alpha value is -3.86. The fourth-order valence-electron chi connectivity index (χ4n) is 3.24. The fourth-order valence-corrected chi connectivity index (χ4v) is 3.24. The van der Waals surface area contributed by atoms with Crippen molar-refractivity contribution in [3.63, 3.8) is 0 Å². The standard InChI is InChI=1S/C21H20N6O2/c1-15-12-19(24-17-5-2-4-16(13-17)14-22)25-21(23-15)27-9-7-26(8-10-27)20(28)18-6-3-11-29-18/h2-6,11-13H,7-10H2,1H3,(H,23,24,25). The summed E-state index contributed by atoms with van der Waals surface area (Å²) in [4.78, 5) is 25.4. The maximum absolute atomic E-state index is 12.4. The van der Waals surface area contributed by atoms with Crippen LogP contribution in [0, 0.1) is 18.3 Å². The number of carbonyl (C=O) groups is 1. The first-order valence-corrected chi connectivity index (χ1v) is 9.33. The smallest absolute Gasteiger partial charge is 0.289 e. The summed E-state index contributed by atoms with van der Waals surface area (Å²) in [6.07, 6.45) is 1.50. The van der Waals surface area contributed by atoms with Crippen LogP contribution in [0.1, 0.15) is 21.8 Å². The fraction of sp³-hybridized carbons (Fsp3) is 0.238. The van der Waals surface area contributed by atoms with E-state index in [-0.39, 0.29) is 5.91 Å². The molecule has 1 N–H and O–H groups in total. The molecule has 3 aromatic rings. The van der Waals surface area contributed by atoms with Gasteiger partial charge < -0.3 is 19.5 Å². The molecule has 1 fully saturated rings. The van der Waals surface area contributed by atoms with Crippen LogP contribution in [0.3, 0.4) is 0 Å². The molecule has 2 aromatic heterocycles. The van der Waals surface area contributed by atoms with Gasteiger partial charge in [-0.05, 0) is 37.3 Å². The molecule has 0 saturated carbocycles. The minimum absolute atomic E-state index is 0.0976. The van der Waals surface area contributed by atoms with Gasteiger partial charge in [-0.3, -0.25) is 4.79 Å². The lowest BCUT2D eigenvalue weighted by molar-refractivity contribution is 0.0714. The SMILES string of the molecule is Cc1cc(Nc2cccc(C#N)c2)nc(N2CCN(C(=O)c3ccco3)CC2)n1. The minimum Gasteiger partial charge on any atom is -0.459 e. The molecule has 8 nitrogen and oxygen atoms in total. The number of benzene rings is 1. The maximum Gasteiger partial charge on any atom is 0.289 e. The molecule has 8 heteroatoms. The number of hydrogen-bond donors (Lipinski definition) is 1. The van der Waals surface area contributed by atoms with Crippen molar-refractivity contribution in [3.8, 4) is 6.07 Å². The summed E-state index contributed by atoms with van der Waals surface area (Å²) in [5.41, 5.74) is 2.21. The summed E-state index contributed by atoms with van der Waals surface area (Å²) in [7, 11) is 0. The van der Waals surface area contributed by atoms with E-state index in [4.69, 9.17) is 9.68 Å². The Morgan fingerprint density at radius 3 is 2.69 bits per heavy atom. The molecule has 1 amide bonds. The van der Waals surface area contributed by atoms with E-state index in [1.165, 1.54) is 6.26 Å². The van der Waals surface area contributed by atoms with E-state index in [1.54, 1.807) is 29.2 Å². The van der Waals surface area contributed by atoms with Crippen molar-refractivity contribution in [2.75, 3.05) is 36.4 Å². The van der Waals surface area contributed by atoms with E-state index in [0.29, 0.717) is 49.3 Å². The molecule has 1 aliphatic heterocycles. The van der Waals surface area contributed by atoms with Gasteiger partial charge >= 0.3 is 0 Å². The summed E-state index contributed by atoms with van der Waals surface area (Å²) in [5.74, 6) is 1.54. The van der Waals surface area contributed by atoms with Gasteiger partial charge in [-0.25, -0.2) is 4.98 Å². The van der Waals surface area contributed by atoms with Gasteiger partial charge in [0.15, 0.2) is 5.76 Å². The summed E-state index contributed by atoms with van der Waals surface area (Å²) in [5, 5.41) is 12.3. The topological polar surface area (TPSA) is 98.3 Å². The van der Waals surface area contributed by atoms with Crippen molar-refractivity contribution in [2.24, 2.45) is 0 Å². The van der Waals surface area contributed by atoms with Gasteiger partial charge in [0.25, 0.3) is 5.91 Å². The quantitative estimate of drug-likeness (QED) is 0.734. The Morgan fingerprint density at radius 1 is 1.14 bits per heavy atom. The summed E-state index contributed by atoms with van der Waals surface area (Å²) >= 11 is 0. The molecule has 1 saturated heterocycles. The first-order chi connectivity index (χ1) is 14.1. The number of nitrogens with zero attached hydrogens (tertiary/aromatic N) is 5. The van der Waals surface area contributed by atoms with Gasteiger partial charge in [0, 0.05) is 43.6 Å². The molecular weight excluding hydrogens is 368 g/mol. The second-order valence-corrected chi connectivity index (χ2v) is 6.77. The van der Waals surface area contributed by atoms with E-state index >= 15 is 0 Å². The average molecular weight is 388 g/mol. The van der Waals surface area contributed by atoms with Gasteiger partial charge in [-0.2, -0.15) is 10.2 Å². The number of nitrogens with one attached hydrogen (secondary N) is 1. The molecule has 0 spiro atoms. The highest BCUT2D eigenvalue weighted by atomic mass is 16.3. The molecule has 29 heavy (non-hydrogen) atoms. The van der Waals surface area contributed by atoms with Crippen molar-refractivity contribution >= 4 is 23.4 Å². The van der Waals surface area contributed by atoms with E-state index in [1.807, 2.05) is 25.1 Å². The number of aryl methyl sites for hydroxylation is 1. The number of amides is 1. The van der Waals surface area contributed by atoms with Crippen molar-refractivity contribution in [3.05, 3.63) is 65.7 Å². The van der Waals surface area contributed by atoms with Crippen molar-refractivity contribution in [1.29, 1.82) is 5.26 Å². The lowest BCUT2D eigenvalue weighted by Gasteiger charge is -2.34. The Balaban J connectivity index is 1.45. The monoisotopic (exact) mass is 388 g/mol. The van der Waals surface area contributed by atoms with Gasteiger partial charge in [0.1, 0.15) is 5.82 Å². The van der Waals surface area contributed by atoms with Crippen LogP contribution < -0.4 is 10.2 Å². The van der Waals surface area contributed by atoms with E-state index < -0.39 is 0 Å². The maximum atomic E-state index is 12.4. The van der Waals surface area contributed by atoms with Crippen LogP contribution in [0.5, 0.6) is 0 Å². The van der Waals surface area contributed by atoms with E-state index in [9.17, 15) is 4.79 Å². The number of carbonyl (C=O) groups excluding carboxylic acids is 1. The zero-order valence-corrected chi connectivity index (χ0v) is 16.0. The van der Waals surface area contributed by atoms with Crippen molar-refractivity contribution in [1.82, 2.24) is 14.9 Å². The molecule has 146 valence electrons. The van der Waals surface area contributed by atoms with Gasteiger partial charge in [0.2, 0.25) is 5.95 Å². The first kappa shape index (κ1) is 18.5. The second kappa shape index (κ2) is 8.02.